The Labute approximate surface area is 127 Å². The molecule has 0 aliphatic rings. The van der Waals surface area contributed by atoms with E-state index in [0.717, 1.165) is 11.1 Å². The second kappa shape index (κ2) is 7.04. The van der Waals surface area contributed by atoms with Crippen LogP contribution in [0.15, 0.2) is 23.1 Å². The first-order valence-electron chi connectivity index (χ1n) is 7.05. The maximum Gasteiger partial charge on any atom is 0.243 e. The van der Waals surface area contributed by atoms with Crippen molar-refractivity contribution < 1.29 is 8.42 Å². The summed E-state index contributed by atoms with van der Waals surface area (Å²) in [5.74, 6) is 0.206. The van der Waals surface area contributed by atoms with E-state index >= 15 is 0 Å². The molecular formula is C15H25N3O2S. The molecule has 3 N–H and O–H groups in total. The molecule has 1 aromatic rings. The van der Waals surface area contributed by atoms with Gasteiger partial charge in [-0.15, -0.1) is 0 Å². The second-order valence-electron chi connectivity index (χ2n) is 5.78. The number of nitrogens with two attached hydrogens (primary N) is 1. The molecule has 0 fully saturated rings. The minimum Gasteiger partial charge on any atom is -0.388 e. The average Bonchev–Trinajstić information content (AvgIpc) is 2.36. The Morgan fingerprint density at radius 2 is 1.90 bits per heavy atom. The highest BCUT2D eigenvalue weighted by atomic mass is 32.2. The van der Waals surface area contributed by atoms with Crippen molar-refractivity contribution >= 4 is 15.9 Å². The Balaban J connectivity index is 3.12. The van der Waals surface area contributed by atoms with Crippen LogP contribution in [0.3, 0.4) is 0 Å². The third-order valence-electron chi connectivity index (χ3n) is 3.32. The summed E-state index contributed by atoms with van der Waals surface area (Å²) < 4.78 is 26.9. The lowest BCUT2D eigenvalue weighted by molar-refractivity contribution is 0.374. The van der Waals surface area contributed by atoms with Crippen LogP contribution in [-0.4, -0.2) is 31.6 Å². The molecular weight excluding hydrogens is 286 g/mol. The van der Waals surface area contributed by atoms with Crippen molar-refractivity contribution in [1.82, 2.24) is 4.31 Å². The van der Waals surface area contributed by atoms with Crippen LogP contribution in [0, 0.1) is 25.2 Å². The summed E-state index contributed by atoms with van der Waals surface area (Å²) in [7, 11) is -3.55. The standard InChI is InChI=1S/C15H25N3O2S/c1-11(2)10-18(8-7-15(16)17)21(19,20)14-6-5-12(3)13(4)9-14/h5-6,9,11H,7-8,10H2,1-4H3,(H3,16,17). The fraction of sp³-hybridized carbons (Fsp3) is 0.533. The van der Waals surface area contributed by atoms with E-state index in [0.29, 0.717) is 11.4 Å². The normalized spacial score (nSPS) is 12.1. The summed E-state index contributed by atoms with van der Waals surface area (Å²) in [6.45, 7) is 8.45. The third kappa shape index (κ3) is 4.82. The molecule has 0 amide bonds. The summed E-state index contributed by atoms with van der Waals surface area (Å²) in [6.07, 6.45) is 0.247. The highest BCUT2D eigenvalue weighted by Gasteiger charge is 2.25. The number of nitrogens with zero attached hydrogens (tertiary/aromatic N) is 1. The summed E-state index contributed by atoms with van der Waals surface area (Å²) in [4.78, 5) is 0.301. The minimum atomic E-state index is -3.55. The Kier molecular flexibility index (Phi) is 5.92. The monoisotopic (exact) mass is 311 g/mol. The van der Waals surface area contributed by atoms with Crippen LogP contribution in [0.2, 0.25) is 0 Å². The Hall–Kier alpha value is -1.40. The molecule has 0 unspecified atom stereocenters. The van der Waals surface area contributed by atoms with Gasteiger partial charge in [0.1, 0.15) is 0 Å². The molecule has 0 radical (unpaired) electrons. The van der Waals surface area contributed by atoms with Crippen molar-refractivity contribution in [1.29, 1.82) is 5.41 Å². The van der Waals surface area contributed by atoms with Crippen LogP contribution in [0.1, 0.15) is 31.4 Å². The second-order valence-corrected chi connectivity index (χ2v) is 7.72. The van der Waals surface area contributed by atoms with Gasteiger partial charge in [0.05, 0.1) is 10.7 Å². The first-order chi connectivity index (χ1) is 9.64. The average molecular weight is 311 g/mol. The van der Waals surface area contributed by atoms with E-state index in [1.54, 1.807) is 12.1 Å². The van der Waals surface area contributed by atoms with E-state index in [1.807, 2.05) is 33.8 Å². The van der Waals surface area contributed by atoms with Crippen LogP contribution in [0.4, 0.5) is 0 Å². The molecule has 0 saturated carbocycles. The zero-order chi connectivity index (χ0) is 16.2. The highest BCUT2D eigenvalue weighted by molar-refractivity contribution is 7.89. The van der Waals surface area contributed by atoms with Gasteiger partial charge in [-0.3, -0.25) is 5.41 Å². The van der Waals surface area contributed by atoms with Crippen molar-refractivity contribution in [2.45, 2.75) is 39.0 Å². The van der Waals surface area contributed by atoms with Gasteiger partial charge in [-0.2, -0.15) is 4.31 Å². The lowest BCUT2D eigenvalue weighted by Gasteiger charge is -2.24. The van der Waals surface area contributed by atoms with Crippen molar-refractivity contribution in [2.24, 2.45) is 11.7 Å². The molecule has 118 valence electrons. The zero-order valence-electron chi connectivity index (χ0n) is 13.2. The lowest BCUT2D eigenvalue weighted by atomic mass is 10.1. The van der Waals surface area contributed by atoms with Gasteiger partial charge in [0.2, 0.25) is 10.0 Å². The molecule has 5 nitrogen and oxygen atoms in total. The third-order valence-corrected chi connectivity index (χ3v) is 5.18. The molecule has 0 bridgehead atoms. The van der Waals surface area contributed by atoms with Crippen molar-refractivity contribution in [3.63, 3.8) is 0 Å². The number of nitrogens with one attached hydrogen (secondary N) is 1. The first-order valence-corrected chi connectivity index (χ1v) is 8.49. The van der Waals surface area contributed by atoms with Crippen LogP contribution >= 0.6 is 0 Å². The minimum absolute atomic E-state index is 0.000886. The molecule has 0 spiro atoms. The molecule has 6 heteroatoms. The number of rotatable bonds is 7. The van der Waals surface area contributed by atoms with Gasteiger partial charge in [0, 0.05) is 19.5 Å². The Bertz CT molecular complexity index is 609. The number of benzene rings is 1. The van der Waals surface area contributed by atoms with Gasteiger partial charge in [-0.25, -0.2) is 8.42 Å². The van der Waals surface area contributed by atoms with Gasteiger partial charge in [-0.1, -0.05) is 19.9 Å². The van der Waals surface area contributed by atoms with E-state index in [2.05, 4.69) is 0 Å². The Morgan fingerprint density at radius 1 is 1.29 bits per heavy atom. The number of hydrogen-bond acceptors (Lipinski definition) is 3. The summed E-state index contributed by atoms with van der Waals surface area (Å²) >= 11 is 0. The van der Waals surface area contributed by atoms with Crippen molar-refractivity contribution in [2.75, 3.05) is 13.1 Å². The molecule has 0 atom stereocenters. The van der Waals surface area contributed by atoms with Crippen molar-refractivity contribution in [3.8, 4) is 0 Å². The molecule has 1 rings (SSSR count). The maximum absolute atomic E-state index is 12.8. The number of aryl methyl sites for hydroxylation is 2. The van der Waals surface area contributed by atoms with E-state index in [1.165, 1.54) is 4.31 Å². The summed E-state index contributed by atoms with van der Waals surface area (Å²) in [5.41, 5.74) is 7.37. The van der Waals surface area contributed by atoms with E-state index in [4.69, 9.17) is 11.1 Å². The quantitative estimate of drug-likeness (QED) is 0.598. The van der Waals surface area contributed by atoms with Crippen LogP contribution in [0.5, 0.6) is 0 Å². The van der Waals surface area contributed by atoms with Gasteiger partial charge < -0.3 is 5.73 Å². The summed E-state index contributed by atoms with van der Waals surface area (Å²) in [5, 5.41) is 7.30. The number of sulfonamides is 1. The van der Waals surface area contributed by atoms with Gasteiger partial charge in [-0.05, 0) is 43.0 Å². The van der Waals surface area contributed by atoms with Crippen molar-refractivity contribution in [3.05, 3.63) is 29.3 Å². The molecule has 0 aliphatic heterocycles. The maximum atomic E-state index is 12.8. The fourth-order valence-electron chi connectivity index (χ4n) is 1.99. The number of hydrogen-bond donors (Lipinski definition) is 2. The summed E-state index contributed by atoms with van der Waals surface area (Å²) in [6, 6.07) is 5.16. The molecule has 0 heterocycles. The Morgan fingerprint density at radius 3 is 2.38 bits per heavy atom. The van der Waals surface area contributed by atoms with Gasteiger partial charge >= 0.3 is 0 Å². The molecule has 0 saturated heterocycles. The first kappa shape index (κ1) is 17.7. The zero-order valence-corrected chi connectivity index (χ0v) is 14.0. The number of amidine groups is 1. The van der Waals surface area contributed by atoms with E-state index in [9.17, 15) is 8.42 Å². The van der Waals surface area contributed by atoms with Gasteiger partial charge in [0.25, 0.3) is 0 Å². The van der Waals surface area contributed by atoms with Crippen LogP contribution < -0.4 is 5.73 Å². The van der Waals surface area contributed by atoms with Gasteiger partial charge in [0.15, 0.2) is 0 Å². The largest absolute Gasteiger partial charge is 0.388 e. The van der Waals surface area contributed by atoms with E-state index in [-0.39, 0.29) is 24.7 Å². The smallest absolute Gasteiger partial charge is 0.243 e. The topological polar surface area (TPSA) is 87.2 Å². The fourth-order valence-corrected chi connectivity index (χ4v) is 3.68. The molecule has 1 aromatic carbocycles. The molecule has 21 heavy (non-hydrogen) atoms. The predicted octanol–water partition coefficient (Wildman–Crippen LogP) is 2.28. The van der Waals surface area contributed by atoms with Crippen LogP contribution in [-0.2, 0) is 10.0 Å². The molecule has 0 aliphatic carbocycles. The van der Waals surface area contributed by atoms with E-state index < -0.39 is 10.0 Å². The highest BCUT2D eigenvalue weighted by Crippen LogP contribution is 2.20. The predicted molar refractivity (Wildman–Crippen MR) is 86.0 cm³/mol. The van der Waals surface area contributed by atoms with Crippen LogP contribution in [0.25, 0.3) is 0 Å². The SMILES string of the molecule is Cc1ccc(S(=O)(=O)N(CCC(=N)N)CC(C)C)cc1C. The lowest BCUT2D eigenvalue weighted by Crippen LogP contribution is -2.36. The molecule has 0 aromatic heterocycles.